The second-order valence-corrected chi connectivity index (χ2v) is 8.75. The third-order valence-corrected chi connectivity index (χ3v) is 6.58. The van der Waals surface area contributed by atoms with Crippen LogP contribution in [0.1, 0.15) is 5.48 Å². The Morgan fingerprint density at radius 1 is 0.606 bits per heavy atom. The molecule has 0 saturated heterocycles. The number of hydrogen-bond acceptors (Lipinski definition) is 7. The highest BCUT2D eigenvalue weighted by Crippen LogP contribution is 2.38. The maximum Gasteiger partial charge on any atom is 0.147 e. The molecular formula is C26H17N5S2. The lowest BCUT2D eigenvalue weighted by Crippen LogP contribution is -2.09. The molecule has 0 aliphatic rings. The summed E-state index contributed by atoms with van der Waals surface area (Å²) < 4.78 is 34.4. The van der Waals surface area contributed by atoms with Crippen molar-refractivity contribution in [3.05, 3.63) is 102 Å². The van der Waals surface area contributed by atoms with Gasteiger partial charge in [-0.15, -0.1) is 20.4 Å². The number of benzene rings is 4. The van der Waals surface area contributed by atoms with Gasteiger partial charge in [0.25, 0.3) is 0 Å². The molecule has 6 aromatic rings. The van der Waals surface area contributed by atoms with Crippen LogP contribution in [0.3, 0.4) is 0 Å². The van der Waals surface area contributed by atoms with Crippen molar-refractivity contribution in [3.63, 3.8) is 0 Å². The van der Waals surface area contributed by atoms with E-state index in [1.165, 1.54) is 34.8 Å². The molecule has 0 aliphatic carbocycles. The van der Waals surface area contributed by atoms with Crippen LogP contribution in [0, 0.1) is 0 Å². The van der Waals surface area contributed by atoms with Crippen LogP contribution in [0.4, 0.5) is 17.1 Å². The Morgan fingerprint density at radius 2 is 1.15 bits per heavy atom. The molecule has 0 unspecified atom stereocenters. The molecular weight excluding hydrogens is 446 g/mol. The fourth-order valence-electron chi connectivity index (χ4n) is 3.56. The molecule has 2 heterocycles. The normalized spacial score (nSPS) is 12.7. The highest BCUT2D eigenvalue weighted by atomic mass is 32.1. The predicted molar refractivity (Wildman–Crippen MR) is 136 cm³/mol. The minimum absolute atomic E-state index is 0.0894. The standard InChI is InChI=1S/C26H17N5S2/c1-2-4-21-15-24(14-5-18(21)3-1)31(22-10-6-19(7-11-22)25-29-27-16-32-25)23-12-8-20(9-13-23)26-30-28-17-33-26/h1-17H/i3D,4D,5D,15D. The quantitative estimate of drug-likeness (QED) is 0.265. The van der Waals surface area contributed by atoms with Gasteiger partial charge < -0.3 is 4.90 Å². The van der Waals surface area contributed by atoms with Crippen molar-refractivity contribution in [3.8, 4) is 21.1 Å². The maximum atomic E-state index is 9.05. The number of nitrogens with zero attached hydrogens (tertiary/aromatic N) is 5. The van der Waals surface area contributed by atoms with Crippen molar-refractivity contribution in [2.75, 3.05) is 4.90 Å². The first-order valence-corrected chi connectivity index (χ1v) is 11.8. The highest BCUT2D eigenvalue weighted by molar-refractivity contribution is 7.13. The van der Waals surface area contributed by atoms with E-state index in [4.69, 9.17) is 5.48 Å². The Kier molecular flexibility index (Phi) is 4.09. The van der Waals surface area contributed by atoms with Gasteiger partial charge in [-0.1, -0.05) is 52.9 Å². The molecule has 2 aromatic heterocycles. The number of anilines is 3. The van der Waals surface area contributed by atoms with E-state index < -0.39 is 0 Å². The van der Waals surface area contributed by atoms with Gasteiger partial charge in [0.05, 0.1) is 5.48 Å². The second kappa shape index (κ2) is 8.54. The average Bonchev–Trinajstić information content (AvgIpc) is 3.64. The van der Waals surface area contributed by atoms with Gasteiger partial charge in [0.15, 0.2) is 0 Å². The van der Waals surface area contributed by atoms with E-state index in [2.05, 4.69) is 20.4 Å². The van der Waals surface area contributed by atoms with Gasteiger partial charge >= 0.3 is 0 Å². The van der Waals surface area contributed by atoms with Gasteiger partial charge in [-0.25, -0.2) is 0 Å². The van der Waals surface area contributed by atoms with E-state index in [9.17, 15) is 0 Å². The Bertz CT molecular complexity index is 1630. The highest BCUT2D eigenvalue weighted by Gasteiger charge is 2.14. The van der Waals surface area contributed by atoms with E-state index in [1.54, 1.807) is 17.1 Å². The summed E-state index contributed by atoms with van der Waals surface area (Å²) >= 11 is 2.91. The maximum absolute atomic E-state index is 9.05. The lowest BCUT2D eigenvalue weighted by atomic mass is 10.1. The van der Waals surface area contributed by atoms with Crippen LogP contribution in [-0.4, -0.2) is 20.4 Å². The molecule has 4 aromatic carbocycles. The van der Waals surface area contributed by atoms with Crippen LogP contribution in [0.25, 0.3) is 31.9 Å². The fourth-order valence-corrected chi connectivity index (χ4v) is 4.68. The van der Waals surface area contributed by atoms with Crippen LogP contribution >= 0.6 is 22.7 Å². The summed E-state index contributed by atoms with van der Waals surface area (Å²) in [4.78, 5) is 1.89. The van der Waals surface area contributed by atoms with E-state index in [0.29, 0.717) is 11.1 Å². The number of aromatic nitrogens is 4. The van der Waals surface area contributed by atoms with Crippen molar-refractivity contribution in [1.82, 2.24) is 20.4 Å². The van der Waals surface area contributed by atoms with Crippen LogP contribution < -0.4 is 4.90 Å². The molecule has 0 spiro atoms. The lowest BCUT2D eigenvalue weighted by molar-refractivity contribution is 1.09. The third-order valence-electron chi connectivity index (χ3n) is 5.10. The van der Waals surface area contributed by atoms with E-state index in [-0.39, 0.29) is 29.6 Å². The summed E-state index contributed by atoms with van der Waals surface area (Å²) in [5.41, 5.74) is 7.22. The summed E-state index contributed by atoms with van der Waals surface area (Å²) in [7, 11) is 0. The van der Waals surface area contributed by atoms with Gasteiger partial charge in [-0.05, 0) is 71.4 Å². The molecule has 7 heteroatoms. The van der Waals surface area contributed by atoms with Crippen molar-refractivity contribution in [2.45, 2.75) is 0 Å². The molecule has 6 rings (SSSR count). The van der Waals surface area contributed by atoms with Gasteiger partial charge in [0.1, 0.15) is 21.0 Å². The molecule has 0 saturated carbocycles. The van der Waals surface area contributed by atoms with Crippen molar-refractivity contribution >= 4 is 50.5 Å². The number of rotatable bonds is 5. The largest absolute Gasteiger partial charge is 0.310 e. The Balaban J connectivity index is 1.54. The minimum Gasteiger partial charge on any atom is -0.310 e. The zero-order chi connectivity index (χ0) is 25.5. The van der Waals surface area contributed by atoms with Gasteiger partial charge in [0, 0.05) is 28.2 Å². The molecule has 0 N–H and O–H groups in total. The number of fused-ring (bicyclic) bond motifs is 1. The molecule has 0 bridgehead atoms. The van der Waals surface area contributed by atoms with Crippen LogP contribution in [-0.2, 0) is 0 Å². The Labute approximate surface area is 204 Å². The minimum atomic E-state index is 0.0894. The van der Waals surface area contributed by atoms with Crippen molar-refractivity contribution < 1.29 is 5.48 Å². The summed E-state index contributed by atoms with van der Waals surface area (Å²) in [5.74, 6) is 0. The van der Waals surface area contributed by atoms with Crippen molar-refractivity contribution in [2.24, 2.45) is 0 Å². The Hall–Kier alpha value is -3.94. The molecule has 0 fully saturated rings. The first-order chi connectivity index (χ1) is 18.0. The van der Waals surface area contributed by atoms with Gasteiger partial charge in [0.2, 0.25) is 0 Å². The molecule has 0 atom stereocenters. The summed E-state index contributed by atoms with van der Waals surface area (Å²) in [6, 6.07) is 20.6. The third kappa shape index (κ3) is 3.88. The molecule has 158 valence electrons. The van der Waals surface area contributed by atoms with Crippen LogP contribution in [0.2, 0.25) is 0 Å². The predicted octanol–water partition coefficient (Wildman–Crippen LogP) is 7.35. The van der Waals surface area contributed by atoms with E-state index >= 15 is 0 Å². The zero-order valence-corrected chi connectivity index (χ0v) is 18.7. The smallest absolute Gasteiger partial charge is 0.147 e. The molecule has 0 radical (unpaired) electrons. The first-order valence-electron chi connectivity index (χ1n) is 12.0. The van der Waals surface area contributed by atoms with Crippen LogP contribution in [0.5, 0.6) is 0 Å². The SMILES string of the molecule is [2H]c1ccc([2H])c2c([2H])c(N(c3ccc(-c4nncs4)cc3)c3ccc(-c4nncs4)cc3)cc([2H])c12. The monoisotopic (exact) mass is 467 g/mol. The Morgan fingerprint density at radius 3 is 1.67 bits per heavy atom. The van der Waals surface area contributed by atoms with E-state index in [0.717, 1.165) is 32.5 Å². The fraction of sp³-hybridized carbons (Fsp3) is 0. The number of hydrogen-bond donors (Lipinski definition) is 0. The summed E-state index contributed by atoms with van der Waals surface area (Å²) in [6.45, 7) is 0. The topological polar surface area (TPSA) is 54.8 Å². The average molecular weight is 468 g/mol. The molecule has 0 amide bonds. The van der Waals surface area contributed by atoms with Crippen LogP contribution in [0.15, 0.2) is 102 Å². The molecule has 33 heavy (non-hydrogen) atoms. The van der Waals surface area contributed by atoms with Gasteiger partial charge in [-0.2, -0.15) is 0 Å². The zero-order valence-electron chi connectivity index (χ0n) is 21.1. The lowest BCUT2D eigenvalue weighted by Gasteiger charge is -2.26. The first kappa shape index (κ1) is 15.8. The molecule has 0 aliphatic heterocycles. The second-order valence-electron chi connectivity index (χ2n) is 7.09. The van der Waals surface area contributed by atoms with E-state index in [1.807, 2.05) is 53.4 Å². The summed E-state index contributed by atoms with van der Waals surface area (Å²) in [5, 5.41) is 18.3. The van der Waals surface area contributed by atoms with Gasteiger partial charge in [-0.3, -0.25) is 0 Å². The molecule has 5 nitrogen and oxygen atoms in total. The van der Waals surface area contributed by atoms with Crippen molar-refractivity contribution in [1.29, 1.82) is 0 Å². The summed E-state index contributed by atoms with van der Waals surface area (Å²) in [6.07, 6.45) is 0.